The van der Waals surface area contributed by atoms with E-state index in [1.807, 2.05) is 0 Å². The third-order valence-corrected chi connectivity index (χ3v) is 7.41. The summed E-state index contributed by atoms with van der Waals surface area (Å²) < 4.78 is 118. The summed E-state index contributed by atoms with van der Waals surface area (Å²) in [7, 11) is -12.2. The van der Waals surface area contributed by atoms with Crippen LogP contribution in [0.5, 0.6) is 0 Å². The van der Waals surface area contributed by atoms with Gasteiger partial charge >= 0.3 is 63.4 Å². The van der Waals surface area contributed by atoms with E-state index in [9.17, 15) is 26.3 Å². The van der Waals surface area contributed by atoms with Gasteiger partial charge in [0.15, 0.2) is 20.2 Å². The Morgan fingerprint density at radius 1 is 0.558 bits per heavy atom. The summed E-state index contributed by atoms with van der Waals surface area (Å²) in [6.45, 7) is 17.2. The molecule has 0 unspecified atom stereocenters. The van der Waals surface area contributed by atoms with Crippen molar-refractivity contribution in [2.45, 2.75) is 105 Å². The SMILES string of the molecule is CCCCc1cc[c-](C)c1.CCCCc1cc[c-](C)c1.Cc1cc[c-](C)c1.Cc1cc[c-](C)c1.O=S(=O)([O-])C(F)(F)F.O=S(=O)([O-])C(F)(F)F.[Zr+2].[Zr+4]. The predicted molar refractivity (Wildman–Crippen MR) is 185 cm³/mol. The Morgan fingerprint density at radius 2 is 0.788 bits per heavy atom. The maximum atomic E-state index is 10.7. The van der Waals surface area contributed by atoms with Gasteiger partial charge in [-0.25, -0.2) is 52.2 Å². The van der Waals surface area contributed by atoms with Gasteiger partial charge in [0.2, 0.25) is 0 Å². The van der Waals surface area contributed by atoms with E-state index in [0.717, 1.165) is 0 Å². The Labute approximate surface area is 344 Å². The molecule has 4 aromatic rings. The molecule has 0 heterocycles. The topological polar surface area (TPSA) is 114 Å². The second-order valence-electron chi connectivity index (χ2n) is 11.5. The molecule has 0 amide bonds. The molecule has 0 spiro atoms. The van der Waals surface area contributed by atoms with Crippen molar-refractivity contribution in [3.05, 3.63) is 117 Å². The monoisotopic (exact) mass is 934 g/mol. The molecule has 16 heteroatoms. The number of unbranched alkanes of at least 4 members (excludes halogenated alkanes) is 2. The number of hydrogen-bond acceptors (Lipinski definition) is 6. The molecule has 290 valence electrons. The Bertz CT molecular complexity index is 1520. The molecule has 0 saturated heterocycles. The van der Waals surface area contributed by atoms with Gasteiger partial charge in [-0.1, -0.05) is 93.9 Å². The Hall–Kier alpha value is -1.43. The van der Waals surface area contributed by atoms with Crippen LogP contribution in [0.2, 0.25) is 0 Å². The van der Waals surface area contributed by atoms with Crippen LogP contribution in [0.3, 0.4) is 0 Å². The Balaban J connectivity index is -0.000000265. The molecule has 52 heavy (non-hydrogen) atoms. The summed E-state index contributed by atoms with van der Waals surface area (Å²) in [6.07, 6.45) is 7.75. The minimum atomic E-state index is -6.09. The summed E-state index contributed by atoms with van der Waals surface area (Å²) in [5.41, 5.74) is -0.0686. The first-order valence-electron chi connectivity index (χ1n) is 15.6. The van der Waals surface area contributed by atoms with Crippen molar-refractivity contribution < 1.29 is 105 Å². The van der Waals surface area contributed by atoms with Crippen LogP contribution in [0.1, 0.15) is 84.0 Å². The van der Waals surface area contributed by atoms with Crippen molar-refractivity contribution in [2.75, 3.05) is 0 Å². The maximum Gasteiger partial charge on any atom is 4.00 e. The zero-order chi connectivity index (χ0) is 39.3. The summed E-state index contributed by atoms with van der Waals surface area (Å²) >= 11 is 0. The predicted octanol–water partition coefficient (Wildman–Crippen LogP) is 10.3. The molecule has 0 aromatic heterocycles. The van der Waals surface area contributed by atoms with E-state index in [-0.39, 0.29) is 52.4 Å². The first-order chi connectivity index (χ1) is 22.7. The molecule has 0 saturated carbocycles. The molecule has 0 N–H and O–H groups in total. The molecule has 0 radical (unpaired) electrons. The summed E-state index contributed by atoms with van der Waals surface area (Å²) in [6, 6.07) is 26.2. The largest absolute Gasteiger partial charge is 4.00 e. The summed E-state index contributed by atoms with van der Waals surface area (Å²) in [5.74, 6) is 0. The third kappa shape index (κ3) is 30.0. The molecule has 0 bridgehead atoms. The smallest absolute Gasteiger partial charge is 0.741 e. The Morgan fingerprint density at radius 3 is 0.904 bits per heavy atom. The normalized spacial score (nSPS) is 10.8. The number of rotatable bonds is 6. The number of aryl methyl sites for hydroxylation is 8. The molecule has 6 nitrogen and oxygen atoms in total. The second kappa shape index (κ2) is 28.0. The van der Waals surface area contributed by atoms with Crippen molar-refractivity contribution >= 4 is 20.2 Å². The number of halogens is 6. The van der Waals surface area contributed by atoms with E-state index in [2.05, 4.69) is 128 Å². The number of hydrogen-bond donors (Lipinski definition) is 0. The van der Waals surface area contributed by atoms with Crippen molar-refractivity contribution in [3.8, 4) is 0 Å². The van der Waals surface area contributed by atoms with E-state index >= 15 is 0 Å². The van der Waals surface area contributed by atoms with Crippen LogP contribution in [-0.2, 0) is 85.5 Å². The molecule has 0 aliphatic heterocycles. The fourth-order valence-electron chi connectivity index (χ4n) is 3.76. The van der Waals surface area contributed by atoms with Gasteiger partial charge in [0.25, 0.3) is 0 Å². The van der Waals surface area contributed by atoms with Crippen LogP contribution in [0, 0.1) is 41.5 Å². The van der Waals surface area contributed by atoms with Gasteiger partial charge in [-0.15, -0.1) is 0 Å². The van der Waals surface area contributed by atoms with E-state index < -0.39 is 31.3 Å². The van der Waals surface area contributed by atoms with Crippen LogP contribution in [0.25, 0.3) is 0 Å². The quantitative estimate of drug-likeness (QED) is 0.0823. The van der Waals surface area contributed by atoms with Gasteiger partial charge in [-0.3, -0.25) is 0 Å². The van der Waals surface area contributed by atoms with Gasteiger partial charge < -0.3 is 9.11 Å². The van der Waals surface area contributed by atoms with E-state index in [1.165, 1.54) is 83.0 Å². The first-order valence-corrected chi connectivity index (χ1v) is 18.4. The second-order valence-corrected chi connectivity index (χ2v) is 14.3. The molecule has 0 aliphatic carbocycles. The molecular formula is C36H48F6O6S2Zr2. The Kier molecular flexibility index (Phi) is 30.9. The van der Waals surface area contributed by atoms with Crippen molar-refractivity contribution in [3.63, 3.8) is 0 Å². The number of alkyl halides is 6. The molecule has 0 atom stereocenters. The minimum absolute atomic E-state index is 0. The van der Waals surface area contributed by atoms with Gasteiger partial charge in [0.05, 0.1) is 0 Å². The third-order valence-electron chi connectivity index (χ3n) is 6.28. The van der Waals surface area contributed by atoms with Gasteiger partial charge in [-0.2, -0.15) is 108 Å². The average molecular weight is 937 g/mol. The van der Waals surface area contributed by atoms with Gasteiger partial charge in [-0.05, 0) is 0 Å². The summed E-state index contributed by atoms with van der Waals surface area (Å²) in [5, 5.41) is 0. The molecule has 4 rings (SSSR count). The maximum absolute atomic E-state index is 10.7. The van der Waals surface area contributed by atoms with Crippen LogP contribution in [-0.4, -0.2) is 37.0 Å². The molecular weight excluding hydrogens is 889 g/mol. The molecule has 0 aliphatic rings. The zero-order valence-corrected chi connectivity index (χ0v) is 37.3. The first kappa shape index (κ1) is 57.3. The van der Waals surface area contributed by atoms with Crippen molar-refractivity contribution in [1.82, 2.24) is 0 Å². The standard InChI is InChI=1S/2C10H15.2C7H9.2CHF3O3S.2Zr/c2*1-3-4-5-10-7-6-9(2)8-10;2*1-6-3-4-7(2)5-6;2*2-1(3,4)8(5,6)7;;/h2*6-8H,3-5H2,1-2H3;2*3-5H,1-2H3;2*(H,5,6,7);;/q4*-1;;;+2;+4/p-2. The van der Waals surface area contributed by atoms with E-state index in [0.29, 0.717) is 0 Å². The summed E-state index contributed by atoms with van der Waals surface area (Å²) in [4.78, 5) is 0. The van der Waals surface area contributed by atoms with Gasteiger partial charge in [0.1, 0.15) is 0 Å². The fraction of sp³-hybridized carbons (Fsp3) is 0.444. The minimum Gasteiger partial charge on any atom is -0.741 e. The van der Waals surface area contributed by atoms with Crippen molar-refractivity contribution in [1.29, 1.82) is 0 Å². The molecule has 0 fully saturated rings. The molecule has 4 aromatic carbocycles. The van der Waals surface area contributed by atoms with Crippen molar-refractivity contribution in [2.24, 2.45) is 0 Å². The van der Waals surface area contributed by atoms with E-state index in [1.54, 1.807) is 0 Å². The van der Waals surface area contributed by atoms with Gasteiger partial charge in [0, 0.05) is 0 Å². The fourth-order valence-corrected chi connectivity index (χ4v) is 3.76. The van der Waals surface area contributed by atoms with Crippen LogP contribution in [0.4, 0.5) is 26.3 Å². The van der Waals surface area contributed by atoms with E-state index in [4.69, 9.17) is 25.9 Å². The van der Waals surface area contributed by atoms with Crippen LogP contribution < -0.4 is 0 Å². The van der Waals surface area contributed by atoms with Crippen LogP contribution >= 0.6 is 0 Å². The average Bonchev–Trinajstić information content (AvgIpc) is 3.76. The van der Waals surface area contributed by atoms with Crippen LogP contribution in [0.15, 0.2) is 72.8 Å². The zero-order valence-electron chi connectivity index (χ0n) is 30.7.